The van der Waals surface area contributed by atoms with Crippen molar-refractivity contribution in [1.29, 1.82) is 0 Å². The third kappa shape index (κ3) is 5.78. The van der Waals surface area contributed by atoms with E-state index in [1.54, 1.807) is 12.1 Å². The number of alkyl halides is 3. The van der Waals surface area contributed by atoms with E-state index >= 15 is 0 Å². The molecular weight excluding hydrogens is 391 g/mol. The summed E-state index contributed by atoms with van der Waals surface area (Å²) < 4.78 is 73.2. The first-order chi connectivity index (χ1) is 13.7. The highest BCUT2D eigenvalue weighted by atomic mass is 19.4. The summed E-state index contributed by atoms with van der Waals surface area (Å²) in [5, 5.41) is 0. The summed E-state index contributed by atoms with van der Waals surface area (Å²) in [6.45, 7) is 3.49. The summed E-state index contributed by atoms with van der Waals surface area (Å²) in [5.41, 5.74) is -1.10. The molecule has 0 radical (unpaired) electrons. The van der Waals surface area contributed by atoms with Crippen LogP contribution in [0.5, 0.6) is 5.75 Å². The van der Waals surface area contributed by atoms with Gasteiger partial charge in [-0.05, 0) is 55.5 Å². The average Bonchev–Trinajstić information content (AvgIpc) is 2.64. The smallest absolute Gasteiger partial charge is 0.420 e. The second-order valence-electron chi connectivity index (χ2n) is 6.68. The normalized spacial score (nSPS) is 11.6. The zero-order chi connectivity index (χ0) is 21.6. The number of carbonyl (C=O) groups excluding carboxylic acids is 1. The van der Waals surface area contributed by atoms with Gasteiger partial charge in [0.1, 0.15) is 11.4 Å². The molecule has 0 heterocycles. The van der Waals surface area contributed by atoms with Gasteiger partial charge in [-0.25, -0.2) is 8.78 Å². The minimum Gasteiger partial charge on any atom is -0.491 e. The van der Waals surface area contributed by atoms with E-state index in [0.717, 1.165) is 30.5 Å². The Morgan fingerprint density at radius 3 is 2.34 bits per heavy atom. The van der Waals surface area contributed by atoms with Gasteiger partial charge in [-0.3, -0.25) is 4.79 Å². The van der Waals surface area contributed by atoms with Crippen LogP contribution in [0.15, 0.2) is 30.3 Å². The van der Waals surface area contributed by atoms with Crippen LogP contribution in [0.2, 0.25) is 0 Å². The monoisotopic (exact) mass is 414 g/mol. The van der Waals surface area contributed by atoms with Crippen LogP contribution in [0.4, 0.5) is 22.0 Å². The van der Waals surface area contributed by atoms with Gasteiger partial charge in [0.2, 0.25) is 0 Å². The van der Waals surface area contributed by atoms with Gasteiger partial charge in [0.15, 0.2) is 17.3 Å². The Morgan fingerprint density at radius 2 is 1.76 bits per heavy atom. The van der Waals surface area contributed by atoms with Crippen molar-refractivity contribution in [2.24, 2.45) is 0 Å². The van der Waals surface area contributed by atoms with Crippen LogP contribution >= 0.6 is 0 Å². The summed E-state index contributed by atoms with van der Waals surface area (Å²) in [4.78, 5) is 12.3. The number of hydrogen-bond acceptors (Lipinski definition) is 2. The fourth-order valence-electron chi connectivity index (χ4n) is 3.15. The molecular formula is C22H23F5O2. The van der Waals surface area contributed by atoms with E-state index in [9.17, 15) is 26.7 Å². The van der Waals surface area contributed by atoms with E-state index in [1.807, 2.05) is 6.92 Å². The van der Waals surface area contributed by atoms with E-state index in [4.69, 9.17) is 4.74 Å². The van der Waals surface area contributed by atoms with Crippen LogP contribution in [-0.2, 0) is 19.0 Å². The van der Waals surface area contributed by atoms with Gasteiger partial charge < -0.3 is 4.74 Å². The van der Waals surface area contributed by atoms with E-state index in [1.165, 1.54) is 13.0 Å². The molecule has 2 aromatic rings. The maximum absolute atomic E-state index is 14.3. The lowest BCUT2D eigenvalue weighted by atomic mass is 9.97. The number of rotatable bonds is 9. The van der Waals surface area contributed by atoms with E-state index in [2.05, 4.69) is 0 Å². The second kappa shape index (κ2) is 9.85. The predicted octanol–water partition coefficient (Wildman–Crippen LogP) is 6.54. The minimum absolute atomic E-state index is 0.00980. The Labute approximate surface area is 166 Å². The Balaban J connectivity index is 2.14. The zero-order valence-corrected chi connectivity index (χ0v) is 16.3. The van der Waals surface area contributed by atoms with Crippen LogP contribution in [0.3, 0.4) is 0 Å². The van der Waals surface area contributed by atoms with Crippen molar-refractivity contribution in [2.45, 2.75) is 52.1 Å². The predicted molar refractivity (Wildman–Crippen MR) is 100 cm³/mol. The van der Waals surface area contributed by atoms with E-state index < -0.39 is 40.5 Å². The molecule has 0 aliphatic carbocycles. The molecule has 0 amide bonds. The van der Waals surface area contributed by atoms with Gasteiger partial charge in [-0.1, -0.05) is 25.5 Å². The first-order valence-electron chi connectivity index (χ1n) is 9.52. The van der Waals surface area contributed by atoms with E-state index in [-0.39, 0.29) is 25.9 Å². The van der Waals surface area contributed by atoms with Crippen LogP contribution in [-0.4, -0.2) is 12.4 Å². The maximum Gasteiger partial charge on any atom is 0.420 e. The quantitative estimate of drug-likeness (QED) is 0.344. The molecule has 0 saturated carbocycles. The molecule has 0 unspecified atom stereocenters. The van der Waals surface area contributed by atoms with Crippen LogP contribution in [0.25, 0.3) is 0 Å². The lowest BCUT2D eigenvalue weighted by Gasteiger charge is -2.16. The number of benzene rings is 2. The summed E-state index contributed by atoms with van der Waals surface area (Å²) in [6.07, 6.45) is -3.32. The molecule has 0 fully saturated rings. The van der Waals surface area contributed by atoms with Crippen molar-refractivity contribution in [3.8, 4) is 5.75 Å². The number of ether oxygens (including phenoxy) is 1. The van der Waals surface area contributed by atoms with Crippen molar-refractivity contribution < 1.29 is 31.5 Å². The largest absolute Gasteiger partial charge is 0.491 e. The Hall–Kier alpha value is -2.44. The molecule has 7 heteroatoms. The molecule has 0 aromatic heterocycles. The number of carbonyl (C=O) groups is 1. The maximum atomic E-state index is 14.3. The lowest BCUT2D eigenvalue weighted by molar-refractivity contribution is -0.140. The van der Waals surface area contributed by atoms with Crippen molar-refractivity contribution in [2.75, 3.05) is 6.61 Å². The molecule has 0 saturated heterocycles. The Kier molecular flexibility index (Phi) is 7.76. The highest BCUT2D eigenvalue weighted by Crippen LogP contribution is 2.38. The topological polar surface area (TPSA) is 26.3 Å². The van der Waals surface area contributed by atoms with Crippen molar-refractivity contribution >= 4 is 5.78 Å². The van der Waals surface area contributed by atoms with Crippen molar-refractivity contribution in [1.82, 2.24) is 0 Å². The molecule has 2 rings (SSSR count). The number of Topliss-reactive ketones (excluding diaryl/α,β-unsaturated/α-hetero) is 1. The van der Waals surface area contributed by atoms with Gasteiger partial charge in [0.25, 0.3) is 0 Å². The average molecular weight is 414 g/mol. The molecule has 0 atom stereocenters. The lowest BCUT2D eigenvalue weighted by Crippen LogP contribution is -2.17. The molecule has 29 heavy (non-hydrogen) atoms. The minimum atomic E-state index is -5.04. The van der Waals surface area contributed by atoms with Crippen molar-refractivity contribution in [3.63, 3.8) is 0 Å². The summed E-state index contributed by atoms with van der Waals surface area (Å²) in [5.74, 6) is -3.39. The fraction of sp³-hybridized carbons (Fsp3) is 0.409. The number of halogens is 5. The van der Waals surface area contributed by atoms with Gasteiger partial charge in [-0.15, -0.1) is 0 Å². The first-order valence-corrected chi connectivity index (χ1v) is 9.52. The summed E-state index contributed by atoms with van der Waals surface area (Å²) >= 11 is 0. The Bertz CT molecular complexity index is 859. The molecule has 2 aromatic carbocycles. The second-order valence-corrected chi connectivity index (χ2v) is 6.68. The number of hydrogen-bond donors (Lipinski definition) is 0. The Morgan fingerprint density at radius 1 is 1.03 bits per heavy atom. The number of aryl methyl sites for hydroxylation is 2. The molecule has 0 N–H and O–H groups in total. The highest BCUT2D eigenvalue weighted by molar-refractivity contribution is 5.98. The highest BCUT2D eigenvalue weighted by Gasteiger charge is 2.39. The van der Waals surface area contributed by atoms with Crippen LogP contribution in [0.1, 0.15) is 60.2 Å². The van der Waals surface area contributed by atoms with Gasteiger partial charge >= 0.3 is 6.18 Å². The molecule has 158 valence electrons. The van der Waals surface area contributed by atoms with Crippen LogP contribution < -0.4 is 4.74 Å². The molecule has 0 bridgehead atoms. The number of ketones is 1. The molecule has 2 nitrogen and oxygen atoms in total. The standard InChI is InChI=1S/C22H23F5O2/c1-3-6-14-9-10-15(17(23)13-14)7-5-8-18(28)16-11-12-19(29-4-2)21(24)20(16)22(25,26)27/h9-13H,3-8H2,1-2H3. The fourth-order valence-corrected chi connectivity index (χ4v) is 3.15. The molecule has 0 aliphatic rings. The first kappa shape index (κ1) is 22.8. The third-order valence-corrected chi connectivity index (χ3v) is 4.50. The molecule has 0 spiro atoms. The summed E-state index contributed by atoms with van der Waals surface area (Å²) in [6, 6.07) is 6.81. The third-order valence-electron chi connectivity index (χ3n) is 4.50. The summed E-state index contributed by atoms with van der Waals surface area (Å²) in [7, 11) is 0. The van der Waals surface area contributed by atoms with E-state index in [0.29, 0.717) is 5.56 Å². The van der Waals surface area contributed by atoms with Gasteiger partial charge in [0, 0.05) is 12.0 Å². The van der Waals surface area contributed by atoms with Crippen LogP contribution in [0, 0.1) is 11.6 Å². The van der Waals surface area contributed by atoms with Gasteiger partial charge in [0.05, 0.1) is 6.61 Å². The van der Waals surface area contributed by atoms with Crippen molar-refractivity contribution in [3.05, 3.63) is 64.2 Å². The molecule has 0 aliphatic heterocycles. The van der Waals surface area contributed by atoms with Gasteiger partial charge in [-0.2, -0.15) is 13.2 Å². The SMILES string of the molecule is CCCc1ccc(CCCC(=O)c2ccc(OCC)c(F)c2C(F)(F)F)c(F)c1. The zero-order valence-electron chi connectivity index (χ0n) is 16.3.